The zero-order valence-corrected chi connectivity index (χ0v) is 16.4. The van der Waals surface area contributed by atoms with Gasteiger partial charge in [0.15, 0.2) is 0 Å². The van der Waals surface area contributed by atoms with Gasteiger partial charge in [0.05, 0.1) is 17.5 Å². The Hall–Kier alpha value is -4.34. The number of aromatic nitrogens is 3. The second-order valence-electron chi connectivity index (χ2n) is 6.86. The molecule has 7 nitrogen and oxygen atoms in total. The number of H-pyrrole nitrogens is 1. The van der Waals surface area contributed by atoms with E-state index in [4.69, 9.17) is 5.73 Å². The molecule has 10 heteroatoms. The SMILES string of the molecule is Nc1cc(-c2cn[nH]c2-c2cccc(NC(=O)Nc3ccc(C(F)(F)F)cc3)c2)ccn1. The maximum Gasteiger partial charge on any atom is 0.416 e. The fraction of sp³-hybridized carbons (Fsp3) is 0.0455. The van der Waals surface area contributed by atoms with Gasteiger partial charge < -0.3 is 16.4 Å². The number of pyridine rings is 1. The number of alkyl halides is 3. The van der Waals surface area contributed by atoms with Crippen molar-refractivity contribution in [2.75, 3.05) is 16.4 Å². The third-order valence-corrected chi connectivity index (χ3v) is 4.61. The van der Waals surface area contributed by atoms with Crippen LogP contribution in [0.25, 0.3) is 22.4 Å². The van der Waals surface area contributed by atoms with Gasteiger partial charge in [-0.2, -0.15) is 18.3 Å². The number of amides is 2. The number of anilines is 3. The molecule has 0 saturated heterocycles. The van der Waals surface area contributed by atoms with Crippen LogP contribution in [0.2, 0.25) is 0 Å². The second kappa shape index (κ2) is 8.42. The Balaban J connectivity index is 1.50. The third-order valence-electron chi connectivity index (χ3n) is 4.61. The molecule has 0 saturated carbocycles. The molecule has 5 N–H and O–H groups in total. The molecule has 0 unspecified atom stereocenters. The Kier molecular flexibility index (Phi) is 5.50. The number of hydrogen-bond donors (Lipinski definition) is 4. The summed E-state index contributed by atoms with van der Waals surface area (Å²) in [5, 5.41) is 12.2. The summed E-state index contributed by atoms with van der Waals surface area (Å²) in [6.07, 6.45) is -1.17. The molecule has 32 heavy (non-hydrogen) atoms. The minimum atomic E-state index is -4.44. The van der Waals surface area contributed by atoms with Crippen LogP contribution >= 0.6 is 0 Å². The zero-order chi connectivity index (χ0) is 22.7. The van der Waals surface area contributed by atoms with Crippen molar-refractivity contribution in [1.82, 2.24) is 15.2 Å². The Bertz CT molecular complexity index is 1250. The molecule has 4 rings (SSSR count). The van der Waals surface area contributed by atoms with Crippen LogP contribution in [0.5, 0.6) is 0 Å². The minimum absolute atomic E-state index is 0.234. The van der Waals surface area contributed by atoms with E-state index in [1.54, 1.807) is 36.7 Å². The van der Waals surface area contributed by atoms with Crippen LogP contribution < -0.4 is 16.4 Å². The maximum absolute atomic E-state index is 12.7. The fourth-order valence-electron chi connectivity index (χ4n) is 3.13. The van der Waals surface area contributed by atoms with Crippen LogP contribution in [-0.4, -0.2) is 21.2 Å². The number of rotatable bonds is 4. The molecule has 2 amide bonds. The van der Waals surface area contributed by atoms with Crippen molar-refractivity contribution < 1.29 is 18.0 Å². The molecule has 0 aliphatic carbocycles. The lowest BCUT2D eigenvalue weighted by atomic mass is 10.0. The number of nitrogens with two attached hydrogens (primary N) is 1. The van der Waals surface area contributed by atoms with Gasteiger partial charge in [-0.05, 0) is 54.1 Å². The molecule has 0 spiro atoms. The molecule has 2 aromatic heterocycles. The summed E-state index contributed by atoms with van der Waals surface area (Å²) >= 11 is 0. The fourth-order valence-corrected chi connectivity index (χ4v) is 3.13. The molecule has 4 aromatic rings. The van der Waals surface area contributed by atoms with E-state index in [9.17, 15) is 18.0 Å². The number of hydrogen-bond acceptors (Lipinski definition) is 4. The summed E-state index contributed by atoms with van der Waals surface area (Å²) in [5.74, 6) is 0.380. The van der Waals surface area contributed by atoms with E-state index in [1.165, 1.54) is 12.1 Å². The Morgan fingerprint density at radius 1 is 0.938 bits per heavy atom. The quantitative estimate of drug-likeness (QED) is 0.343. The zero-order valence-electron chi connectivity index (χ0n) is 16.4. The van der Waals surface area contributed by atoms with Crippen LogP contribution in [0.3, 0.4) is 0 Å². The van der Waals surface area contributed by atoms with E-state index in [0.717, 1.165) is 34.5 Å². The molecule has 2 heterocycles. The van der Waals surface area contributed by atoms with Crippen molar-refractivity contribution >= 4 is 23.2 Å². The molecule has 2 aromatic carbocycles. The van der Waals surface area contributed by atoms with Gasteiger partial charge in [0.1, 0.15) is 5.82 Å². The number of nitrogens with one attached hydrogen (secondary N) is 3. The van der Waals surface area contributed by atoms with Crippen LogP contribution in [0.15, 0.2) is 73.1 Å². The van der Waals surface area contributed by atoms with Crippen LogP contribution in [0, 0.1) is 0 Å². The molecule has 0 radical (unpaired) electrons. The van der Waals surface area contributed by atoms with Gasteiger partial charge in [-0.3, -0.25) is 5.10 Å². The summed E-state index contributed by atoms with van der Waals surface area (Å²) in [6, 6.07) is 14.2. The highest BCUT2D eigenvalue weighted by Crippen LogP contribution is 2.32. The molecule has 0 aliphatic rings. The molecule has 0 aliphatic heterocycles. The first kappa shape index (κ1) is 20.9. The average molecular weight is 438 g/mol. The predicted molar refractivity (Wildman–Crippen MR) is 116 cm³/mol. The first-order valence-corrected chi connectivity index (χ1v) is 9.40. The van der Waals surface area contributed by atoms with E-state index in [0.29, 0.717) is 11.5 Å². The Morgan fingerprint density at radius 3 is 2.41 bits per heavy atom. The number of carbonyl (C=O) groups is 1. The second-order valence-corrected chi connectivity index (χ2v) is 6.86. The summed E-state index contributed by atoms with van der Waals surface area (Å²) in [7, 11) is 0. The van der Waals surface area contributed by atoms with Gasteiger partial charge >= 0.3 is 12.2 Å². The highest BCUT2D eigenvalue weighted by atomic mass is 19.4. The lowest BCUT2D eigenvalue weighted by Gasteiger charge is -2.11. The number of benzene rings is 2. The molecule has 0 bridgehead atoms. The Morgan fingerprint density at radius 2 is 1.69 bits per heavy atom. The lowest BCUT2D eigenvalue weighted by Crippen LogP contribution is -2.19. The number of urea groups is 1. The van der Waals surface area contributed by atoms with Crippen molar-refractivity contribution in [3.63, 3.8) is 0 Å². The van der Waals surface area contributed by atoms with Crippen molar-refractivity contribution in [2.45, 2.75) is 6.18 Å². The molecule has 0 atom stereocenters. The summed E-state index contributed by atoms with van der Waals surface area (Å²) < 4.78 is 38.0. The van der Waals surface area contributed by atoms with Crippen molar-refractivity contribution in [3.8, 4) is 22.4 Å². The monoisotopic (exact) mass is 438 g/mol. The van der Waals surface area contributed by atoms with E-state index in [2.05, 4.69) is 25.8 Å². The van der Waals surface area contributed by atoms with Gasteiger partial charge in [0.2, 0.25) is 0 Å². The van der Waals surface area contributed by atoms with Gasteiger partial charge in [-0.15, -0.1) is 0 Å². The molecule has 162 valence electrons. The van der Waals surface area contributed by atoms with Gasteiger partial charge in [-0.25, -0.2) is 9.78 Å². The maximum atomic E-state index is 12.7. The van der Waals surface area contributed by atoms with E-state index >= 15 is 0 Å². The number of halogens is 3. The summed E-state index contributed by atoms with van der Waals surface area (Å²) in [5.41, 5.74) is 8.84. The summed E-state index contributed by atoms with van der Waals surface area (Å²) in [6.45, 7) is 0. The van der Waals surface area contributed by atoms with Crippen LogP contribution in [-0.2, 0) is 6.18 Å². The standard InChI is InChI=1S/C22H17F3N6O/c23-22(24,25)15-4-6-16(7-5-15)29-21(32)30-17-3-1-2-14(10-17)20-18(12-28-31-20)13-8-9-27-19(26)11-13/h1-12H,(H2,26,27)(H,28,31)(H2,29,30,32). The van der Waals surface area contributed by atoms with Crippen LogP contribution in [0.4, 0.5) is 35.2 Å². The van der Waals surface area contributed by atoms with E-state index < -0.39 is 17.8 Å². The topological polar surface area (TPSA) is 109 Å². The van der Waals surface area contributed by atoms with Crippen molar-refractivity contribution in [1.29, 1.82) is 0 Å². The highest BCUT2D eigenvalue weighted by Gasteiger charge is 2.30. The predicted octanol–water partition coefficient (Wildman–Crippen LogP) is 5.38. The minimum Gasteiger partial charge on any atom is -0.384 e. The summed E-state index contributed by atoms with van der Waals surface area (Å²) in [4.78, 5) is 16.3. The van der Waals surface area contributed by atoms with Gasteiger partial charge in [-0.1, -0.05) is 12.1 Å². The van der Waals surface area contributed by atoms with Crippen molar-refractivity contribution in [3.05, 3.63) is 78.6 Å². The van der Waals surface area contributed by atoms with Crippen LogP contribution in [0.1, 0.15) is 5.56 Å². The first-order chi connectivity index (χ1) is 15.3. The number of carbonyl (C=O) groups excluding carboxylic acids is 1. The largest absolute Gasteiger partial charge is 0.416 e. The van der Waals surface area contributed by atoms with E-state index in [-0.39, 0.29) is 5.69 Å². The number of aromatic amines is 1. The highest BCUT2D eigenvalue weighted by molar-refractivity contribution is 6.00. The smallest absolute Gasteiger partial charge is 0.384 e. The first-order valence-electron chi connectivity index (χ1n) is 9.40. The third kappa shape index (κ3) is 4.69. The molecule has 0 fully saturated rings. The number of nitrogen functional groups attached to an aromatic ring is 1. The van der Waals surface area contributed by atoms with E-state index in [1.807, 2.05) is 12.1 Å². The van der Waals surface area contributed by atoms with Crippen molar-refractivity contribution in [2.24, 2.45) is 0 Å². The Labute approximate surface area is 180 Å². The normalized spacial score (nSPS) is 11.2. The number of nitrogens with zero attached hydrogens (tertiary/aromatic N) is 2. The molecular formula is C22H17F3N6O. The van der Waals surface area contributed by atoms with Gasteiger partial charge in [0, 0.05) is 28.7 Å². The van der Waals surface area contributed by atoms with Gasteiger partial charge in [0.25, 0.3) is 0 Å². The average Bonchev–Trinajstić information content (AvgIpc) is 3.24. The molecular weight excluding hydrogens is 421 g/mol. The lowest BCUT2D eigenvalue weighted by molar-refractivity contribution is -0.137.